The van der Waals surface area contributed by atoms with E-state index in [1.165, 1.54) is 23.5 Å². The van der Waals surface area contributed by atoms with Gasteiger partial charge in [-0.2, -0.15) is 11.3 Å². The number of rotatable bonds is 3. The Morgan fingerprint density at radius 2 is 2.19 bits per heavy atom. The number of Topliss-reactive ketones (excluding diaryl/α,β-unsaturated/α-hetero) is 1. The van der Waals surface area contributed by atoms with E-state index in [2.05, 4.69) is 0 Å². The molecule has 0 saturated carbocycles. The van der Waals surface area contributed by atoms with E-state index in [4.69, 9.17) is 11.6 Å². The first kappa shape index (κ1) is 11.3. The van der Waals surface area contributed by atoms with Crippen molar-refractivity contribution in [1.29, 1.82) is 0 Å². The van der Waals surface area contributed by atoms with E-state index < -0.39 is 5.82 Å². The van der Waals surface area contributed by atoms with Gasteiger partial charge < -0.3 is 0 Å². The lowest BCUT2D eigenvalue weighted by Gasteiger charge is -2.00. The van der Waals surface area contributed by atoms with Gasteiger partial charge in [0.25, 0.3) is 0 Å². The molecule has 1 heterocycles. The molecule has 0 unspecified atom stereocenters. The summed E-state index contributed by atoms with van der Waals surface area (Å²) in [5.41, 5.74) is 1.30. The Morgan fingerprint density at radius 3 is 2.81 bits per heavy atom. The highest BCUT2D eigenvalue weighted by atomic mass is 35.5. The number of halogens is 2. The molecule has 0 N–H and O–H groups in total. The number of hydrogen-bond donors (Lipinski definition) is 0. The van der Waals surface area contributed by atoms with Crippen molar-refractivity contribution < 1.29 is 9.18 Å². The molecule has 1 aromatic heterocycles. The molecule has 0 atom stereocenters. The first-order valence-electron chi connectivity index (χ1n) is 4.66. The summed E-state index contributed by atoms with van der Waals surface area (Å²) in [6.45, 7) is 0. The molecule has 4 heteroatoms. The number of carbonyl (C=O) groups excluding carboxylic acids is 1. The molecule has 0 aliphatic heterocycles. The number of hydrogen-bond acceptors (Lipinski definition) is 2. The van der Waals surface area contributed by atoms with Crippen LogP contribution in [0.25, 0.3) is 0 Å². The summed E-state index contributed by atoms with van der Waals surface area (Å²) < 4.78 is 13.1. The van der Waals surface area contributed by atoms with Crippen LogP contribution in [0.15, 0.2) is 35.0 Å². The summed E-state index contributed by atoms with van der Waals surface area (Å²) in [7, 11) is 0. The Labute approximate surface area is 101 Å². The van der Waals surface area contributed by atoms with Gasteiger partial charge in [-0.3, -0.25) is 4.79 Å². The molecular weight excluding hydrogens is 247 g/mol. The van der Waals surface area contributed by atoms with E-state index >= 15 is 0 Å². The van der Waals surface area contributed by atoms with Crippen LogP contribution in [0.2, 0.25) is 5.02 Å². The summed E-state index contributed by atoms with van der Waals surface area (Å²) in [6, 6.07) is 6.00. The SMILES string of the molecule is O=C(Cc1ccsc1)c1ccc(Cl)c(F)c1. The minimum Gasteiger partial charge on any atom is -0.294 e. The van der Waals surface area contributed by atoms with Gasteiger partial charge in [-0.15, -0.1) is 0 Å². The van der Waals surface area contributed by atoms with Crippen LogP contribution < -0.4 is 0 Å². The summed E-state index contributed by atoms with van der Waals surface area (Å²) in [5, 5.41) is 3.85. The van der Waals surface area contributed by atoms with Gasteiger partial charge in [-0.05, 0) is 40.6 Å². The molecular formula is C12H8ClFOS. The van der Waals surface area contributed by atoms with Gasteiger partial charge in [0.05, 0.1) is 5.02 Å². The molecule has 1 nitrogen and oxygen atoms in total. The zero-order valence-electron chi connectivity index (χ0n) is 8.24. The molecule has 0 aliphatic rings. The van der Waals surface area contributed by atoms with Crippen LogP contribution in [0.5, 0.6) is 0 Å². The zero-order chi connectivity index (χ0) is 11.5. The smallest absolute Gasteiger partial charge is 0.167 e. The van der Waals surface area contributed by atoms with Gasteiger partial charge in [0.15, 0.2) is 5.78 Å². The first-order chi connectivity index (χ1) is 7.66. The van der Waals surface area contributed by atoms with Crippen molar-refractivity contribution in [2.45, 2.75) is 6.42 Å². The van der Waals surface area contributed by atoms with E-state index in [1.54, 1.807) is 6.07 Å². The van der Waals surface area contributed by atoms with Crippen molar-refractivity contribution in [2.24, 2.45) is 0 Å². The van der Waals surface area contributed by atoms with Crippen LogP contribution in [-0.4, -0.2) is 5.78 Å². The molecule has 0 amide bonds. The van der Waals surface area contributed by atoms with Crippen molar-refractivity contribution in [2.75, 3.05) is 0 Å². The number of carbonyl (C=O) groups is 1. The molecule has 0 bridgehead atoms. The quantitative estimate of drug-likeness (QED) is 0.758. The number of thiophene rings is 1. The van der Waals surface area contributed by atoms with Gasteiger partial charge in [0.1, 0.15) is 5.82 Å². The second-order valence-corrected chi connectivity index (χ2v) is 4.55. The lowest BCUT2D eigenvalue weighted by atomic mass is 10.1. The van der Waals surface area contributed by atoms with Gasteiger partial charge in [-0.25, -0.2) is 4.39 Å². The molecule has 2 aromatic rings. The van der Waals surface area contributed by atoms with Crippen LogP contribution in [0.3, 0.4) is 0 Å². The fourth-order valence-corrected chi connectivity index (χ4v) is 2.14. The second kappa shape index (κ2) is 4.76. The normalized spacial score (nSPS) is 10.4. The minimum atomic E-state index is -0.558. The van der Waals surface area contributed by atoms with E-state index in [0.717, 1.165) is 5.56 Å². The Kier molecular flexibility index (Phi) is 3.36. The third-order valence-corrected chi connectivity index (χ3v) is 3.22. The minimum absolute atomic E-state index is 0.0343. The molecule has 0 aliphatic carbocycles. The Bertz CT molecular complexity index is 508. The van der Waals surface area contributed by atoms with Crippen LogP contribution in [0.4, 0.5) is 4.39 Å². The lowest BCUT2D eigenvalue weighted by Crippen LogP contribution is -2.03. The fraction of sp³-hybridized carbons (Fsp3) is 0.0833. The summed E-state index contributed by atoms with van der Waals surface area (Å²) in [5.74, 6) is -0.660. The maximum absolute atomic E-state index is 13.1. The third kappa shape index (κ3) is 2.49. The maximum atomic E-state index is 13.1. The third-order valence-electron chi connectivity index (χ3n) is 2.19. The van der Waals surface area contributed by atoms with E-state index in [1.807, 2.05) is 16.8 Å². The van der Waals surface area contributed by atoms with Gasteiger partial charge in [-0.1, -0.05) is 11.6 Å². The molecule has 82 valence electrons. The van der Waals surface area contributed by atoms with E-state index in [-0.39, 0.29) is 10.8 Å². The van der Waals surface area contributed by atoms with Crippen LogP contribution >= 0.6 is 22.9 Å². The Balaban J connectivity index is 2.18. The monoisotopic (exact) mass is 254 g/mol. The molecule has 0 radical (unpaired) electrons. The largest absolute Gasteiger partial charge is 0.294 e. The summed E-state index contributed by atoms with van der Waals surface area (Å²) >= 11 is 7.08. The first-order valence-corrected chi connectivity index (χ1v) is 5.98. The summed E-state index contributed by atoms with van der Waals surface area (Å²) in [4.78, 5) is 11.8. The predicted octanol–water partition coefficient (Wildman–Crippen LogP) is 3.97. The second-order valence-electron chi connectivity index (χ2n) is 3.36. The van der Waals surface area contributed by atoms with Crippen molar-refractivity contribution in [3.8, 4) is 0 Å². The van der Waals surface area contributed by atoms with Crippen LogP contribution in [0.1, 0.15) is 15.9 Å². The van der Waals surface area contributed by atoms with Gasteiger partial charge in [0.2, 0.25) is 0 Å². The van der Waals surface area contributed by atoms with Gasteiger partial charge >= 0.3 is 0 Å². The van der Waals surface area contributed by atoms with Crippen molar-refractivity contribution in [3.05, 3.63) is 57.0 Å². The number of benzene rings is 1. The van der Waals surface area contributed by atoms with E-state index in [9.17, 15) is 9.18 Å². The molecule has 16 heavy (non-hydrogen) atoms. The molecule has 0 spiro atoms. The molecule has 0 fully saturated rings. The molecule has 0 saturated heterocycles. The average molecular weight is 255 g/mol. The van der Waals surface area contributed by atoms with Crippen molar-refractivity contribution in [3.63, 3.8) is 0 Å². The number of ketones is 1. The molecule has 2 rings (SSSR count). The highest BCUT2D eigenvalue weighted by Gasteiger charge is 2.09. The fourth-order valence-electron chi connectivity index (χ4n) is 1.35. The topological polar surface area (TPSA) is 17.1 Å². The van der Waals surface area contributed by atoms with E-state index in [0.29, 0.717) is 12.0 Å². The lowest BCUT2D eigenvalue weighted by molar-refractivity contribution is 0.0992. The maximum Gasteiger partial charge on any atom is 0.167 e. The highest BCUT2D eigenvalue weighted by molar-refractivity contribution is 7.08. The average Bonchev–Trinajstić information content (AvgIpc) is 2.74. The van der Waals surface area contributed by atoms with Crippen LogP contribution in [-0.2, 0) is 6.42 Å². The zero-order valence-corrected chi connectivity index (χ0v) is 9.82. The predicted molar refractivity (Wildman–Crippen MR) is 63.8 cm³/mol. The standard InChI is InChI=1S/C12H8ClFOS/c13-10-2-1-9(6-11(10)14)12(15)5-8-3-4-16-7-8/h1-4,6-7H,5H2. The highest BCUT2D eigenvalue weighted by Crippen LogP contribution is 2.17. The van der Waals surface area contributed by atoms with Crippen molar-refractivity contribution in [1.82, 2.24) is 0 Å². The Hall–Kier alpha value is -1.19. The summed E-state index contributed by atoms with van der Waals surface area (Å²) in [6.07, 6.45) is 0.296. The molecule has 1 aromatic carbocycles. The Morgan fingerprint density at radius 1 is 1.38 bits per heavy atom. The van der Waals surface area contributed by atoms with Gasteiger partial charge in [0, 0.05) is 12.0 Å². The van der Waals surface area contributed by atoms with Crippen LogP contribution in [0, 0.1) is 5.82 Å². The van der Waals surface area contributed by atoms with Crippen molar-refractivity contribution >= 4 is 28.7 Å².